The van der Waals surface area contributed by atoms with Crippen LogP contribution in [0.3, 0.4) is 0 Å². The average Bonchev–Trinajstić information content (AvgIpc) is 2.68. The van der Waals surface area contributed by atoms with Crippen molar-refractivity contribution in [3.05, 3.63) is 11.9 Å². The molecule has 1 heterocycles. The molecule has 1 unspecified atom stereocenters. The van der Waals surface area contributed by atoms with E-state index in [-0.39, 0.29) is 11.2 Å². The molecule has 20 heavy (non-hydrogen) atoms. The van der Waals surface area contributed by atoms with Crippen LogP contribution < -0.4 is 0 Å². The van der Waals surface area contributed by atoms with E-state index < -0.39 is 5.97 Å². The molecule has 0 aliphatic rings. The summed E-state index contributed by atoms with van der Waals surface area (Å²) in [6.45, 7) is 13.1. The van der Waals surface area contributed by atoms with Crippen molar-refractivity contribution >= 4 is 17.7 Å². The maximum absolute atomic E-state index is 10.8. The number of carboxylic acid groups (broad SMARTS) is 1. The summed E-state index contributed by atoms with van der Waals surface area (Å²) in [5.74, 6) is -0.162. The molecular weight excluding hydrogens is 272 g/mol. The van der Waals surface area contributed by atoms with Crippen LogP contribution in [0.2, 0.25) is 0 Å². The van der Waals surface area contributed by atoms with Crippen LogP contribution in [0.25, 0.3) is 0 Å². The fourth-order valence-electron chi connectivity index (χ4n) is 2.35. The van der Waals surface area contributed by atoms with Crippen LogP contribution in [0, 0.1) is 5.92 Å². The van der Waals surface area contributed by atoms with E-state index in [1.165, 1.54) is 17.5 Å². The van der Waals surface area contributed by atoms with Crippen molar-refractivity contribution in [2.24, 2.45) is 5.92 Å². The molecule has 1 aromatic rings. The second-order valence-corrected chi connectivity index (χ2v) is 7.65. The van der Waals surface area contributed by atoms with Crippen molar-refractivity contribution in [3.63, 3.8) is 0 Å². The number of hydrogen-bond donors (Lipinski definition) is 1. The van der Waals surface area contributed by atoms with Gasteiger partial charge in [-0.2, -0.15) is 0 Å². The fraction of sp³-hybridized carbons (Fsp3) is 0.733. The molecule has 0 saturated heterocycles. The number of rotatable bonds is 6. The Morgan fingerprint density at radius 1 is 1.40 bits per heavy atom. The highest BCUT2D eigenvalue weighted by molar-refractivity contribution is 7.99. The molecule has 0 aromatic carbocycles. The van der Waals surface area contributed by atoms with Gasteiger partial charge in [0.2, 0.25) is 0 Å². The molecule has 0 bridgehead atoms. The van der Waals surface area contributed by atoms with Crippen molar-refractivity contribution < 1.29 is 9.90 Å². The quantitative estimate of drug-likeness (QED) is 0.808. The molecule has 1 atom stereocenters. The van der Waals surface area contributed by atoms with E-state index in [1.807, 2.05) is 6.20 Å². The summed E-state index contributed by atoms with van der Waals surface area (Å²) in [6, 6.07) is 0.322. The Balaban J connectivity index is 3.12. The summed E-state index contributed by atoms with van der Waals surface area (Å²) in [7, 11) is 0. The predicted molar refractivity (Wildman–Crippen MR) is 83.5 cm³/mol. The molecule has 5 heteroatoms. The summed E-state index contributed by atoms with van der Waals surface area (Å²) in [4.78, 5) is 15.2. The summed E-state index contributed by atoms with van der Waals surface area (Å²) in [5, 5.41) is 9.67. The Morgan fingerprint density at radius 2 is 2.00 bits per heavy atom. The normalized spacial score (nSPS) is 13.8. The van der Waals surface area contributed by atoms with Crippen LogP contribution in [0.1, 0.15) is 59.7 Å². The second kappa shape index (κ2) is 6.66. The summed E-state index contributed by atoms with van der Waals surface area (Å²) in [6.07, 6.45) is 2.95. The highest BCUT2D eigenvalue weighted by Crippen LogP contribution is 2.32. The maximum atomic E-state index is 10.8. The zero-order valence-electron chi connectivity index (χ0n) is 13.3. The molecule has 0 saturated carbocycles. The smallest absolute Gasteiger partial charge is 0.313 e. The molecule has 114 valence electrons. The Bertz CT molecular complexity index is 461. The first-order valence-corrected chi connectivity index (χ1v) is 8.03. The highest BCUT2D eigenvalue weighted by atomic mass is 32.2. The molecule has 1 N–H and O–H groups in total. The van der Waals surface area contributed by atoms with Gasteiger partial charge in [-0.1, -0.05) is 46.4 Å². The molecule has 0 aliphatic heterocycles. The summed E-state index contributed by atoms with van der Waals surface area (Å²) in [5.41, 5.74) is 1.17. The van der Waals surface area contributed by atoms with Crippen LogP contribution in [-0.2, 0) is 10.2 Å². The van der Waals surface area contributed by atoms with Crippen molar-refractivity contribution in [3.8, 4) is 0 Å². The minimum atomic E-state index is -0.807. The van der Waals surface area contributed by atoms with Gasteiger partial charge in [0.15, 0.2) is 5.16 Å². The zero-order valence-corrected chi connectivity index (χ0v) is 14.1. The van der Waals surface area contributed by atoms with E-state index in [1.54, 1.807) is 0 Å². The van der Waals surface area contributed by atoms with E-state index >= 15 is 0 Å². The Hall–Kier alpha value is -0.970. The third-order valence-electron chi connectivity index (χ3n) is 3.11. The van der Waals surface area contributed by atoms with E-state index in [2.05, 4.69) is 51.1 Å². The van der Waals surface area contributed by atoms with Crippen LogP contribution >= 0.6 is 11.8 Å². The van der Waals surface area contributed by atoms with Crippen molar-refractivity contribution in [1.82, 2.24) is 9.55 Å². The number of imidazole rings is 1. The fourth-order valence-corrected chi connectivity index (χ4v) is 3.14. The monoisotopic (exact) mass is 298 g/mol. The van der Waals surface area contributed by atoms with Gasteiger partial charge in [-0.15, -0.1) is 0 Å². The molecule has 0 aliphatic carbocycles. The third kappa shape index (κ3) is 4.54. The minimum Gasteiger partial charge on any atom is -0.481 e. The highest BCUT2D eigenvalue weighted by Gasteiger charge is 2.25. The van der Waals surface area contributed by atoms with Crippen molar-refractivity contribution in [2.75, 3.05) is 5.75 Å². The first-order valence-electron chi connectivity index (χ1n) is 7.05. The number of aromatic nitrogens is 2. The van der Waals surface area contributed by atoms with Crippen LogP contribution in [0.5, 0.6) is 0 Å². The molecule has 0 fully saturated rings. The lowest BCUT2D eigenvalue weighted by molar-refractivity contribution is -0.133. The average molecular weight is 298 g/mol. The lowest BCUT2D eigenvalue weighted by Crippen LogP contribution is -2.21. The van der Waals surface area contributed by atoms with Crippen LogP contribution in [0.4, 0.5) is 0 Å². The van der Waals surface area contributed by atoms with Gasteiger partial charge in [-0.05, 0) is 19.3 Å². The standard InChI is InChI=1S/C15H26N2O2S/c1-10(2)7-11(3)17-12(15(4,5)6)8-16-14(17)20-9-13(18)19/h8,10-11H,7,9H2,1-6H3,(H,18,19). The SMILES string of the molecule is CC(C)CC(C)n1c(C(C)(C)C)cnc1SCC(=O)O. The first-order chi connectivity index (χ1) is 9.12. The van der Waals surface area contributed by atoms with Gasteiger partial charge in [0.25, 0.3) is 0 Å². The zero-order chi connectivity index (χ0) is 15.5. The van der Waals surface area contributed by atoms with Gasteiger partial charge in [0, 0.05) is 23.3 Å². The van der Waals surface area contributed by atoms with Gasteiger partial charge >= 0.3 is 5.97 Å². The molecule has 0 radical (unpaired) electrons. The summed E-state index contributed by atoms with van der Waals surface area (Å²) >= 11 is 1.30. The van der Waals surface area contributed by atoms with E-state index in [0.717, 1.165) is 11.6 Å². The second-order valence-electron chi connectivity index (χ2n) is 6.71. The molecular formula is C15H26N2O2S. The number of thioether (sulfide) groups is 1. The molecule has 1 aromatic heterocycles. The van der Waals surface area contributed by atoms with Crippen molar-refractivity contribution in [1.29, 1.82) is 0 Å². The van der Waals surface area contributed by atoms with E-state index in [9.17, 15) is 4.79 Å². The van der Waals surface area contributed by atoms with Gasteiger partial charge in [0.1, 0.15) is 0 Å². The Morgan fingerprint density at radius 3 is 2.45 bits per heavy atom. The van der Waals surface area contributed by atoms with Crippen molar-refractivity contribution in [2.45, 2.75) is 64.6 Å². The third-order valence-corrected chi connectivity index (χ3v) is 4.06. The van der Waals surface area contributed by atoms with Gasteiger partial charge in [0.05, 0.1) is 5.75 Å². The van der Waals surface area contributed by atoms with Crippen LogP contribution in [0.15, 0.2) is 11.4 Å². The van der Waals surface area contributed by atoms with Crippen LogP contribution in [-0.4, -0.2) is 26.4 Å². The maximum Gasteiger partial charge on any atom is 0.313 e. The number of carboxylic acids is 1. The van der Waals surface area contributed by atoms with E-state index in [0.29, 0.717) is 12.0 Å². The Kier molecular flexibility index (Phi) is 5.68. The number of nitrogens with zero attached hydrogens (tertiary/aromatic N) is 2. The number of hydrogen-bond acceptors (Lipinski definition) is 3. The molecule has 0 amide bonds. The number of aliphatic carboxylic acids is 1. The largest absolute Gasteiger partial charge is 0.481 e. The van der Waals surface area contributed by atoms with Gasteiger partial charge in [-0.3, -0.25) is 4.79 Å². The molecule has 4 nitrogen and oxygen atoms in total. The number of carbonyl (C=O) groups is 1. The lowest BCUT2D eigenvalue weighted by atomic mass is 9.92. The topological polar surface area (TPSA) is 55.1 Å². The molecule has 1 rings (SSSR count). The Labute approximate surface area is 126 Å². The molecule has 0 spiro atoms. The minimum absolute atomic E-state index is 0.000271. The lowest BCUT2D eigenvalue weighted by Gasteiger charge is -2.27. The van der Waals surface area contributed by atoms with Gasteiger partial charge in [-0.25, -0.2) is 4.98 Å². The first kappa shape index (κ1) is 17.1. The predicted octanol–water partition coefficient (Wildman–Crippen LogP) is 3.96. The van der Waals surface area contributed by atoms with E-state index in [4.69, 9.17) is 5.11 Å². The van der Waals surface area contributed by atoms with Gasteiger partial charge < -0.3 is 9.67 Å². The summed E-state index contributed by atoms with van der Waals surface area (Å²) < 4.78 is 2.22.